The van der Waals surface area contributed by atoms with Crippen LogP contribution in [0.5, 0.6) is 0 Å². The minimum absolute atomic E-state index is 0.0658. The molecule has 2 aromatic heterocycles. The van der Waals surface area contributed by atoms with E-state index in [0.717, 1.165) is 22.2 Å². The summed E-state index contributed by atoms with van der Waals surface area (Å²) in [6.45, 7) is 6.03. The van der Waals surface area contributed by atoms with Crippen LogP contribution in [0.3, 0.4) is 0 Å². The summed E-state index contributed by atoms with van der Waals surface area (Å²) < 4.78 is 16.4. The average molecular weight is 486 g/mol. The van der Waals surface area contributed by atoms with E-state index >= 15 is 0 Å². The summed E-state index contributed by atoms with van der Waals surface area (Å²) in [6.07, 6.45) is -0.00301. The Morgan fingerprint density at radius 3 is 2.66 bits per heavy atom. The maximum absolute atomic E-state index is 12.5. The number of nitrogens with zero attached hydrogens (tertiary/aromatic N) is 2. The second-order valence-corrected chi connectivity index (χ2v) is 10.1. The van der Waals surface area contributed by atoms with Crippen LogP contribution in [0.25, 0.3) is 0 Å². The number of esters is 1. The van der Waals surface area contributed by atoms with Crippen molar-refractivity contribution in [1.82, 2.24) is 10.2 Å². The second-order valence-electron chi connectivity index (χ2n) is 8.03. The van der Waals surface area contributed by atoms with E-state index in [2.05, 4.69) is 15.1 Å². The lowest BCUT2D eigenvalue weighted by molar-refractivity contribution is -0.772. The number of aromatic nitrogens is 2. The molecule has 0 saturated carbocycles. The second kappa shape index (κ2) is 9.36. The van der Waals surface area contributed by atoms with Crippen LogP contribution in [0.15, 0.2) is 14.3 Å². The number of thiophene rings is 1. The molecule has 2 amide bonds. The topological polar surface area (TPSA) is 135 Å². The number of rotatable bonds is 5. The van der Waals surface area contributed by atoms with Crippen molar-refractivity contribution < 1.29 is 33.1 Å². The fourth-order valence-corrected chi connectivity index (χ4v) is 5.07. The van der Waals surface area contributed by atoms with E-state index in [0.29, 0.717) is 23.5 Å². The molecule has 13 heteroatoms. The standard InChI is InChI=1S/C19H24N4O7S2/c1-19(2,3)29-18(27)23-7-6-10-11(8-23)32-14(13(10)16(25)28-5)20-12(24)9-31-15-17(26)30-21-22(15)4/h6-9H2,1-5H3,(H-,20,21,24,25,26)/p+1. The number of H-pyrrole nitrogens is 1. The monoisotopic (exact) mass is 485 g/mol. The number of ether oxygens (including phenoxy) is 2. The van der Waals surface area contributed by atoms with Crippen LogP contribution in [0.2, 0.25) is 0 Å². The maximum atomic E-state index is 12.5. The zero-order valence-corrected chi connectivity index (χ0v) is 20.0. The number of aryl methyl sites for hydroxylation is 1. The Hall–Kier alpha value is -2.80. The van der Waals surface area contributed by atoms with Crippen molar-refractivity contribution >= 4 is 46.1 Å². The van der Waals surface area contributed by atoms with Crippen LogP contribution in [-0.4, -0.2) is 53.1 Å². The molecule has 0 bridgehead atoms. The van der Waals surface area contributed by atoms with Gasteiger partial charge in [0.15, 0.2) is 7.05 Å². The largest absolute Gasteiger partial charge is 0.465 e. The zero-order chi connectivity index (χ0) is 23.6. The fourth-order valence-electron chi connectivity index (χ4n) is 3.08. The number of methoxy groups -OCH3 is 1. The van der Waals surface area contributed by atoms with Crippen LogP contribution in [0, 0.1) is 0 Å². The highest BCUT2D eigenvalue weighted by atomic mass is 32.2. The van der Waals surface area contributed by atoms with Gasteiger partial charge in [-0.25, -0.2) is 14.4 Å². The number of hydrogen-bond acceptors (Lipinski definition) is 9. The molecule has 1 aliphatic rings. The molecule has 0 aliphatic carbocycles. The van der Waals surface area contributed by atoms with Gasteiger partial charge in [0.2, 0.25) is 5.91 Å². The number of nitrogens with one attached hydrogen (secondary N) is 2. The number of amides is 2. The number of aromatic amines is 1. The van der Waals surface area contributed by atoms with Crippen LogP contribution in [0.1, 0.15) is 41.6 Å². The van der Waals surface area contributed by atoms with Gasteiger partial charge in [-0.3, -0.25) is 9.32 Å². The van der Waals surface area contributed by atoms with Gasteiger partial charge < -0.3 is 19.7 Å². The van der Waals surface area contributed by atoms with Crippen molar-refractivity contribution in [2.75, 3.05) is 24.7 Å². The highest BCUT2D eigenvalue weighted by Gasteiger charge is 2.32. The summed E-state index contributed by atoms with van der Waals surface area (Å²) in [4.78, 5) is 51.4. The van der Waals surface area contributed by atoms with Gasteiger partial charge in [0.05, 0.1) is 25.0 Å². The Kier molecular flexibility index (Phi) is 6.98. The van der Waals surface area contributed by atoms with Crippen molar-refractivity contribution in [2.45, 2.75) is 44.4 Å². The number of anilines is 1. The molecular weight excluding hydrogens is 460 g/mol. The van der Waals surface area contributed by atoms with Gasteiger partial charge in [0, 0.05) is 11.4 Å². The summed E-state index contributed by atoms with van der Waals surface area (Å²) in [7, 11) is 2.86. The molecule has 0 spiro atoms. The number of fused-ring (bicyclic) bond motifs is 1. The first-order chi connectivity index (χ1) is 15.0. The fraction of sp³-hybridized carbons (Fsp3) is 0.526. The van der Waals surface area contributed by atoms with E-state index in [1.54, 1.807) is 32.7 Å². The van der Waals surface area contributed by atoms with Gasteiger partial charge in [0.1, 0.15) is 10.6 Å². The third-order valence-electron chi connectivity index (χ3n) is 4.45. The van der Waals surface area contributed by atoms with Gasteiger partial charge in [-0.1, -0.05) is 4.68 Å². The summed E-state index contributed by atoms with van der Waals surface area (Å²) in [5.41, 5.74) is -0.147. The number of carbonyl (C=O) groups is 3. The molecule has 3 heterocycles. The lowest BCUT2D eigenvalue weighted by Crippen LogP contribution is -2.39. The number of hydrogen-bond donors (Lipinski definition) is 2. The van der Waals surface area contributed by atoms with E-state index in [4.69, 9.17) is 9.47 Å². The first kappa shape index (κ1) is 23.9. The predicted octanol–water partition coefficient (Wildman–Crippen LogP) is 1.66. The summed E-state index contributed by atoms with van der Waals surface area (Å²) in [6, 6.07) is 0. The first-order valence-electron chi connectivity index (χ1n) is 9.71. The van der Waals surface area contributed by atoms with E-state index in [-0.39, 0.29) is 17.3 Å². The van der Waals surface area contributed by atoms with Crippen molar-refractivity contribution in [2.24, 2.45) is 7.05 Å². The molecule has 2 aromatic rings. The lowest BCUT2D eigenvalue weighted by Gasteiger charge is -2.30. The molecule has 0 radical (unpaired) electrons. The number of thioether (sulfide) groups is 1. The summed E-state index contributed by atoms with van der Waals surface area (Å²) >= 11 is 2.22. The zero-order valence-electron chi connectivity index (χ0n) is 18.4. The molecule has 0 aromatic carbocycles. The van der Waals surface area contributed by atoms with Crippen molar-refractivity contribution in [1.29, 1.82) is 0 Å². The smallest absolute Gasteiger partial charge is 0.441 e. The van der Waals surface area contributed by atoms with Gasteiger partial charge in [-0.15, -0.1) is 11.3 Å². The molecule has 174 valence electrons. The highest BCUT2D eigenvalue weighted by Crippen LogP contribution is 2.38. The van der Waals surface area contributed by atoms with E-state index in [9.17, 15) is 19.2 Å². The minimum Gasteiger partial charge on any atom is -0.465 e. The van der Waals surface area contributed by atoms with Gasteiger partial charge >= 0.3 is 22.7 Å². The summed E-state index contributed by atoms with van der Waals surface area (Å²) in [5.74, 6) is -1.03. The molecule has 1 aliphatic heterocycles. The Balaban J connectivity index is 1.77. The van der Waals surface area contributed by atoms with Crippen LogP contribution >= 0.6 is 23.1 Å². The Bertz CT molecular complexity index is 1100. The van der Waals surface area contributed by atoms with Crippen molar-refractivity contribution in [3.8, 4) is 0 Å². The molecule has 11 nitrogen and oxygen atoms in total. The van der Waals surface area contributed by atoms with E-state index in [1.165, 1.54) is 23.1 Å². The van der Waals surface area contributed by atoms with Gasteiger partial charge in [0.25, 0.3) is 0 Å². The van der Waals surface area contributed by atoms with Crippen LogP contribution in [0.4, 0.5) is 9.80 Å². The van der Waals surface area contributed by atoms with Crippen LogP contribution < -0.4 is 15.6 Å². The molecule has 0 fully saturated rings. The lowest BCUT2D eigenvalue weighted by atomic mass is 10.0. The van der Waals surface area contributed by atoms with Gasteiger partial charge in [-0.05, 0) is 49.8 Å². The summed E-state index contributed by atoms with van der Waals surface area (Å²) in [5, 5.41) is 5.71. The van der Waals surface area contributed by atoms with Crippen LogP contribution in [-0.2, 0) is 34.3 Å². The van der Waals surface area contributed by atoms with E-state index < -0.39 is 29.2 Å². The molecular formula is C19H25N4O7S2+. The average Bonchev–Trinajstić information content (AvgIpc) is 3.22. The molecule has 0 saturated heterocycles. The Morgan fingerprint density at radius 1 is 1.34 bits per heavy atom. The molecule has 0 atom stereocenters. The number of carbonyl (C=O) groups excluding carboxylic acids is 3. The Morgan fingerprint density at radius 2 is 2.06 bits per heavy atom. The molecule has 3 rings (SSSR count). The van der Waals surface area contributed by atoms with Crippen molar-refractivity contribution in [3.63, 3.8) is 0 Å². The third kappa shape index (κ3) is 5.33. The molecule has 32 heavy (non-hydrogen) atoms. The first-order valence-corrected chi connectivity index (χ1v) is 11.5. The quantitative estimate of drug-likeness (QED) is 0.371. The minimum atomic E-state index is -0.617. The molecule has 0 unspecified atom stereocenters. The molecule has 2 N–H and O–H groups in total. The Labute approximate surface area is 192 Å². The van der Waals surface area contributed by atoms with Crippen molar-refractivity contribution in [3.05, 3.63) is 26.4 Å². The maximum Gasteiger partial charge on any atom is 0.441 e. The SMILES string of the molecule is COC(=O)c1c(NC(=O)CSc2c(=O)o[nH][n+]2C)sc2c1CCN(C(=O)OC(C)(C)C)C2. The predicted molar refractivity (Wildman–Crippen MR) is 116 cm³/mol. The van der Waals surface area contributed by atoms with Gasteiger partial charge in [-0.2, -0.15) is 0 Å². The third-order valence-corrected chi connectivity index (χ3v) is 6.70. The normalized spacial score (nSPS) is 13.5. The van der Waals surface area contributed by atoms with E-state index in [1.807, 2.05) is 0 Å². The highest BCUT2D eigenvalue weighted by molar-refractivity contribution is 7.99.